The zero-order chi connectivity index (χ0) is 17.3. The highest BCUT2D eigenvalue weighted by Gasteiger charge is 2.60. The van der Waals surface area contributed by atoms with Gasteiger partial charge in [0.05, 0.1) is 32.1 Å². The van der Waals surface area contributed by atoms with Crippen LogP contribution in [0.3, 0.4) is 0 Å². The fraction of sp³-hybridized carbons (Fsp3) is 0.176. The lowest BCUT2D eigenvalue weighted by atomic mass is 10.2. The molecule has 1 saturated carbocycles. The summed E-state index contributed by atoms with van der Waals surface area (Å²) in [6.07, 6.45) is 2.22. The van der Waals surface area contributed by atoms with Crippen molar-refractivity contribution in [1.82, 2.24) is 9.97 Å². The summed E-state index contributed by atoms with van der Waals surface area (Å²) in [6, 6.07) is 7.00. The predicted octanol–water partition coefficient (Wildman–Crippen LogP) is 4.17. The van der Waals surface area contributed by atoms with Crippen molar-refractivity contribution in [3.8, 4) is 10.6 Å². The number of fused-ring (bicyclic) bond motifs is 2. The van der Waals surface area contributed by atoms with Crippen LogP contribution in [0.2, 0.25) is 10.0 Å². The Morgan fingerprint density at radius 3 is 2.44 bits per heavy atom. The molecular formula is C17H9Cl2N3O2S. The molecule has 3 aromatic rings. The number of aromatic nitrogens is 2. The zero-order valence-corrected chi connectivity index (χ0v) is 14.9. The first-order valence-corrected chi connectivity index (χ1v) is 9.21. The van der Waals surface area contributed by atoms with Crippen LogP contribution in [-0.4, -0.2) is 21.8 Å². The fourth-order valence-corrected chi connectivity index (χ4v) is 5.00. The minimum Gasteiger partial charge on any atom is -0.274 e. The lowest BCUT2D eigenvalue weighted by Crippen LogP contribution is -2.33. The molecule has 2 fully saturated rings. The molecule has 1 aromatic carbocycles. The van der Waals surface area contributed by atoms with E-state index in [1.54, 1.807) is 30.5 Å². The van der Waals surface area contributed by atoms with Crippen LogP contribution in [0.1, 0.15) is 6.42 Å². The molecule has 2 aromatic heterocycles. The lowest BCUT2D eigenvalue weighted by molar-refractivity contribution is -0.123. The van der Waals surface area contributed by atoms with Gasteiger partial charge in [-0.1, -0.05) is 29.3 Å². The molecule has 1 aliphatic heterocycles. The molecule has 2 unspecified atom stereocenters. The number of pyridine rings is 1. The second-order valence-corrected chi connectivity index (χ2v) is 7.87. The number of imide groups is 1. The van der Waals surface area contributed by atoms with Crippen molar-refractivity contribution in [1.29, 1.82) is 0 Å². The molecule has 124 valence electrons. The van der Waals surface area contributed by atoms with Crippen LogP contribution in [0.15, 0.2) is 30.5 Å². The number of carbonyl (C=O) groups excluding carboxylic acids is 2. The Labute approximate surface area is 156 Å². The Hall–Kier alpha value is -2.02. The molecule has 0 spiro atoms. The van der Waals surface area contributed by atoms with Crippen LogP contribution in [0.4, 0.5) is 5.82 Å². The summed E-state index contributed by atoms with van der Waals surface area (Å²) in [7, 11) is 0. The van der Waals surface area contributed by atoms with Gasteiger partial charge < -0.3 is 0 Å². The Kier molecular flexibility index (Phi) is 3.20. The van der Waals surface area contributed by atoms with E-state index < -0.39 is 0 Å². The molecule has 1 aliphatic carbocycles. The van der Waals surface area contributed by atoms with E-state index in [4.69, 9.17) is 23.2 Å². The van der Waals surface area contributed by atoms with Crippen molar-refractivity contribution in [3.05, 3.63) is 40.5 Å². The standard InChI is InChI=1S/C17H9Cl2N3O2S/c18-9-2-1-3-10(19)12(9)15-21-11-4-5-20-14(13(11)25-15)22-16(23)7-6-8(7)17(22)24/h1-5,7-8H,6H2. The van der Waals surface area contributed by atoms with Crippen molar-refractivity contribution in [3.63, 3.8) is 0 Å². The number of piperidine rings is 1. The fourth-order valence-electron chi connectivity index (χ4n) is 3.20. The van der Waals surface area contributed by atoms with Crippen molar-refractivity contribution in [2.45, 2.75) is 6.42 Å². The Morgan fingerprint density at radius 2 is 1.76 bits per heavy atom. The summed E-state index contributed by atoms with van der Waals surface area (Å²) >= 11 is 13.9. The van der Waals surface area contributed by atoms with Crippen LogP contribution in [0.25, 0.3) is 20.8 Å². The van der Waals surface area contributed by atoms with Crippen molar-refractivity contribution in [2.75, 3.05) is 4.90 Å². The zero-order valence-electron chi connectivity index (χ0n) is 12.6. The molecule has 5 rings (SSSR count). The number of nitrogens with zero attached hydrogens (tertiary/aromatic N) is 3. The van der Waals surface area contributed by atoms with Gasteiger partial charge in [-0.05, 0) is 24.6 Å². The first-order chi connectivity index (χ1) is 12.1. The molecule has 0 N–H and O–H groups in total. The lowest BCUT2D eigenvalue weighted by Gasteiger charge is -2.15. The summed E-state index contributed by atoms with van der Waals surface area (Å²) in [5.74, 6) is -0.321. The molecule has 3 heterocycles. The van der Waals surface area contributed by atoms with Gasteiger partial charge >= 0.3 is 0 Å². The highest BCUT2D eigenvalue weighted by molar-refractivity contribution is 7.22. The van der Waals surface area contributed by atoms with Crippen LogP contribution in [0.5, 0.6) is 0 Å². The molecule has 2 atom stereocenters. The van der Waals surface area contributed by atoms with Crippen molar-refractivity contribution < 1.29 is 9.59 Å². The maximum Gasteiger partial charge on any atom is 0.238 e. The molecule has 0 radical (unpaired) electrons. The van der Waals surface area contributed by atoms with Gasteiger partial charge in [0, 0.05) is 11.8 Å². The molecular weight excluding hydrogens is 381 g/mol. The smallest absolute Gasteiger partial charge is 0.238 e. The second-order valence-electron chi connectivity index (χ2n) is 6.06. The summed E-state index contributed by atoms with van der Waals surface area (Å²) in [5, 5.41) is 1.62. The number of hydrogen-bond acceptors (Lipinski definition) is 5. The van der Waals surface area contributed by atoms with Crippen LogP contribution >= 0.6 is 34.5 Å². The van der Waals surface area contributed by atoms with Gasteiger partial charge in [0.25, 0.3) is 0 Å². The van der Waals surface area contributed by atoms with E-state index in [9.17, 15) is 9.59 Å². The summed E-state index contributed by atoms with van der Waals surface area (Å²) < 4.78 is 0.677. The average Bonchev–Trinajstić information content (AvgIpc) is 3.20. The minimum absolute atomic E-state index is 0.166. The van der Waals surface area contributed by atoms with Gasteiger partial charge in [-0.2, -0.15) is 0 Å². The van der Waals surface area contributed by atoms with E-state index in [-0.39, 0.29) is 23.7 Å². The first kappa shape index (κ1) is 15.3. The van der Waals surface area contributed by atoms with E-state index in [2.05, 4.69) is 9.97 Å². The van der Waals surface area contributed by atoms with E-state index >= 15 is 0 Å². The molecule has 0 bridgehead atoms. The second kappa shape index (κ2) is 5.24. The highest BCUT2D eigenvalue weighted by atomic mass is 35.5. The monoisotopic (exact) mass is 389 g/mol. The number of carbonyl (C=O) groups is 2. The number of thiazole rings is 1. The molecule has 5 nitrogen and oxygen atoms in total. The van der Waals surface area contributed by atoms with E-state index in [0.29, 0.717) is 43.1 Å². The predicted molar refractivity (Wildman–Crippen MR) is 97.0 cm³/mol. The minimum atomic E-state index is -0.171. The number of amides is 2. The van der Waals surface area contributed by atoms with Gasteiger partial charge in [-0.15, -0.1) is 11.3 Å². The SMILES string of the molecule is O=C1C2CC2C(=O)N1c1nccc2nc(-c3c(Cl)cccc3Cl)sc12. The Balaban J connectivity index is 1.69. The highest BCUT2D eigenvalue weighted by Crippen LogP contribution is 2.50. The molecule has 2 amide bonds. The maximum absolute atomic E-state index is 12.4. The van der Waals surface area contributed by atoms with Gasteiger partial charge in [-0.25, -0.2) is 14.9 Å². The summed E-state index contributed by atoms with van der Waals surface area (Å²) in [4.78, 5) is 34.9. The largest absolute Gasteiger partial charge is 0.274 e. The summed E-state index contributed by atoms with van der Waals surface area (Å²) in [5.41, 5.74) is 1.29. The van der Waals surface area contributed by atoms with E-state index in [0.717, 1.165) is 0 Å². The van der Waals surface area contributed by atoms with Crippen molar-refractivity contribution >= 4 is 62.4 Å². The van der Waals surface area contributed by atoms with Gasteiger partial charge in [0.1, 0.15) is 5.01 Å². The first-order valence-electron chi connectivity index (χ1n) is 7.64. The van der Waals surface area contributed by atoms with Gasteiger partial charge in [0.2, 0.25) is 11.8 Å². The van der Waals surface area contributed by atoms with Gasteiger partial charge in [-0.3, -0.25) is 9.59 Å². The van der Waals surface area contributed by atoms with Crippen LogP contribution in [-0.2, 0) is 9.59 Å². The third kappa shape index (κ3) is 2.14. The third-order valence-electron chi connectivity index (χ3n) is 4.54. The van der Waals surface area contributed by atoms with E-state index in [1.807, 2.05) is 0 Å². The Morgan fingerprint density at radius 1 is 1.08 bits per heavy atom. The van der Waals surface area contributed by atoms with Crippen LogP contribution < -0.4 is 4.90 Å². The number of rotatable bonds is 2. The average molecular weight is 390 g/mol. The van der Waals surface area contributed by atoms with E-state index in [1.165, 1.54) is 16.2 Å². The topological polar surface area (TPSA) is 63.2 Å². The van der Waals surface area contributed by atoms with Crippen molar-refractivity contribution in [2.24, 2.45) is 11.8 Å². The number of halogens is 2. The van der Waals surface area contributed by atoms with Crippen LogP contribution in [0, 0.1) is 11.8 Å². The van der Waals surface area contributed by atoms with Gasteiger partial charge in [0.15, 0.2) is 5.82 Å². The number of benzene rings is 1. The maximum atomic E-state index is 12.4. The Bertz CT molecular complexity index is 1040. The molecule has 1 saturated heterocycles. The quantitative estimate of drug-likeness (QED) is 0.616. The molecule has 8 heteroatoms. The molecule has 25 heavy (non-hydrogen) atoms. The third-order valence-corrected chi connectivity index (χ3v) is 6.25. The summed E-state index contributed by atoms with van der Waals surface area (Å²) in [6.45, 7) is 0. The number of hydrogen-bond donors (Lipinski definition) is 0. The number of anilines is 1. The normalized spacial score (nSPS) is 21.9. The molecule has 2 aliphatic rings.